The van der Waals surface area contributed by atoms with Gasteiger partial charge >= 0.3 is 0 Å². The number of ether oxygens (including phenoxy) is 1. The van der Waals surface area contributed by atoms with Gasteiger partial charge < -0.3 is 25.2 Å². The van der Waals surface area contributed by atoms with E-state index in [-0.39, 0.29) is 12.2 Å². The van der Waals surface area contributed by atoms with Crippen LogP contribution in [-0.4, -0.2) is 63.3 Å². The smallest absolute Gasteiger partial charge is 0.132 e. The highest BCUT2D eigenvalue weighted by atomic mass is 16.5. The third-order valence-electron chi connectivity index (χ3n) is 2.48. The van der Waals surface area contributed by atoms with E-state index in [4.69, 9.17) is 9.84 Å². The molecule has 15 heavy (non-hydrogen) atoms. The summed E-state index contributed by atoms with van der Waals surface area (Å²) in [7, 11) is 0. The van der Waals surface area contributed by atoms with E-state index < -0.39 is 37.1 Å². The normalized spacial score (nSPS) is 41.5. The van der Waals surface area contributed by atoms with E-state index in [0.717, 1.165) is 0 Å². The fourth-order valence-corrected chi connectivity index (χ4v) is 1.63. The molecule has 0 amide bonds. The molecule has 1 saturated heterocycles. The van der Waals surface area contributed by atoms with Gasteiger partial charge in [0.1, 0.15) is 30.2 Å². The minimum absolute atomic E-state index is 0.0541. The van der Waals surface area contributed by atoms with Crippen LogP contribution in [0.2, 0.25) is 0 Å². The Morgan fingerprint density at radius 2 is 1.67 bits per heavy atom. The maximum atomic E-state index is 10.8. The Labute approximate surface area is 87.1 Å². The summed E-state index contributed by atoms with van der Waals surface area (Å²) in [5, 5.41) is 37.2. The quantitative estimate of drug-likeness (QED) is 0.430. The van der Waals surface area contributed by atoms with Gasteiger partial charge in [-0.25, -0.2) is 0 Å². The lowest BCUT2D eigenvalue weighted by Gasteiger charge is -2.39. The third-order valence-corrected chi connectivity index (χ3v) is 2.48. The summed E-state index contributed by atoms with van der Waals surface area (Å²) < 4.78 is 5.11. The predicted octanol–water partition coefficient (Wildman–Crippen LogP) is -2.19. The van der Waals surface area contributed by atoms with Gasteiger partial charge in [0.15, 0.2) is 0 Å². The fraction of sp³-hybridized carbons (Fsp3) is 0.889. The molecular formula is C9H16O6. The highest BCUT2D eigenvalue weighted by Gasteiger charge is 2.43. The van der Waals surface area contributed by atoms with Crippen LogP contribution in [0.15, 0.2) is 0 Å². The number of carbonyl (C=O) groups excluding carboxylic acids is 1. The SMILES string of the molecule is CC(=O)C[C@H]1O[C@H](CO)[C@H](O)[C@H](O)[C@H]1O. The molecule has 6 nitrogen and oxygen atoms in total. The summed E-state index contributed by atoms with van der Waals surface area (Å²) in [6.07, 6.45) is -5.95. The second-order valence-electron chi connectivity index (χ2n) is 3.77. The van der Waals surface area contributed by atoms with Crippen molar-refractivity contribution in [2.75, 3.05) is 6.61 Å². The van der Waals surface area contributed by atoms with Gasteiger partial charge in [-0.1, -0.05) is 0 Å². The summed E-state index contributed by atoms with van der Waals surface area (Å²) >= 11 is 0. The highest BCUT2D eigenvalue weighted by Crippen LogP contribution is 2.23. The number of ketones is 1. The van der Waals surface area contributed by atoms with Crippen molar-refractivity contribution in [1.82, 2.24) is 0 Å². The average molecular weight is 220 g/mol. The first-order chi connectivity index (χ1) is 6.97. The average Bonchev–Trinajstić information content (AvgIpc) is 2.18. The number of hydrogen-bond acceptors (Lipinski definition) is 6. The Bertz CT molecular complexity index is 229. The lowest BCUT2D eigenvalue weighted by molar-refractivity contribution is -0.229. The van der Waals surface area contributed by atoms with Crippen LogP contribution in [-0.2, 0) is 9.53 Å². The number of rotatable bonds is 3. The van der Waals surface area contributed by atoms with Gasteiger partial charge in [-0.2, -0.15) is 0 Å². The van der Waals surface area contributed by atoms with E-state index in [0.29, 0.717) is 0 Å². The van der Waals surface area contributed by atoms with Crippen LogP contribution in [0, 0.1) is 0 Å². The van der Waals surface area contributed by atoms with Crippen LogP contribution in [0.25, 0.3) is 0 Å². The van der Waals surface area contributed by atoms with Gasteiger partial charge in [-0.05, 0) is 6.92 Å². The number of carbonyl (C=O) groups is 1. The highest BCUT2D eigenvalue weighted by molar-refractivity contribution is 5.76. The summed E-state index contributed by atoms with van der Waals surface area (Å²) in [6.45, 7) is 0.862. The van der Waals surface area contributed by atoms with Crippen molar-refractivity contribution in [3.05, 3.63) is 0 Å². The lowest BCUT2D eigenvalue weighted by Crippen LogP contribution is -2.58. The van der Waals surface area contributed by atoms with Crippen molar-refractivity contribution in [2.45, 2.75) is 43.9 Å². The molecule has 5 atom stereocenters. The zero-order chi connectivity index (χ0) is 11.6. The Morgan fingerprint density at radius 1 is 1.13 bits per heavy atom. The van der Waals surface area contributed by atoms with Crippen LogP contribution >= 0.6 is 0 Å². The van der Waals surface area contributed by atoms with Crippen molar-refractivity contribution in [3.63, 3.8) is 0 Å². The Hall–Kier alpha value is -0.530. The molecule has 1 aliphatic heterocycles. The summed E-state index contributed by atoms with van der Waals surface area (Å²) in [5.74, 6) is -0.195. The molecule has 0 aromatic rings. The molecule has 0 unspecified atom stereocenters. The third kappa shape index (κ3) is 2.73. The molecule has 1 aliphatic rings. The first-order valence-electron chi connectivity index (χ1n) is 4.77. The minimum atomic E-state index is -1.40. The standard InChI is InChI=1S/C9H16O6/c1-4(11)2-5-7(12)9(14)8(13)6(3-10)15-5/h5-10,12-14H,2-3H2,1H3/t5-,6-,7+,8+,9-/m1/s1. The first kappa shape index (κ1) is 12.5. The molecule has 1 rings (SSSR count). The molecule has 0 spiro atoms. The van der Waals surface area contributed by atoms with Gasteiger partial charge in [-0.15, -0.1) is 0 Å². The molecule has 0 aromatic carbocycles. The van der Waals surface area contributed by atoms with Gasteiger partial charge in [0.25, 0.3) is 0 Å². The second-order valence-corrected chi connectivity index (χ2v) is 3.77. The molecule has 0 radical (unpaired) electrons. The molecule has 6 heteroatoms. The van der Waals surface area contributed by atoms with Crippen molar-refractivity contribution >= 4 is 5.78 Å². The number of Topliss-reactive ketones (excluding diaryl/α,β-unsaturated/α-hetero) is 1. The molecule has 1 heterocycles. The van der Waals surface area contributed by atoms with Crippen LogP contribution in [0.4, 0.5) is 0 Å². The largest absolute Gasteiger partial charge is 0.394 e. The van der Waals surface area contributed by atoms with E-state index in [9.17, 15) is 20.1 Å². The Kier molecular flexibility index (Phi) is 4.18. The maximum Gasteiger partial charge on any atom is 0.132 e. The molecule has 0 aliphatic carbocycles. The van der Waals surface area contributed by atoms with Crippen molar-refractivity contribution in [1.29, 1.82) is 0 Å². The summed E-state index contributed by atoms with van der Waals surface area (Å²) in [4.78, 5) is 10.8. The van der Waals surface area contributed by atoms with Crippen LogP contribution in [0.3, 0.4) is 0 Å². The van der Waals surface area contributed by atoms with Gasteiger partial charge in [0, 0.05) is 6.42 Å². The van der Waals surface area contributed by atoms with Crippen molar-refractivity contribution < 1.29 is 30.0 Å². The van der Waals surface area contributed by atoms with Crippen LogP contribution < -0.4 is 0 Å². The van der Waals surface area contributed by atoms with Crippen molar-refractivity contribution in [3.8, 4) is 0 Å². The molecule has 0 aromatic heterocycles. The molecule has 0 bridgehead atoms. The predicted molar refractivity (Wildman–Crippen MR) is 49.1 cm³/mol. The topological polar surface area (TPSA) is 107 Å². The zero-order valence-corrected chi connectivity index (χ0v) is 8.41. The molecule has 88 valence electrons. The minimum Gasteiger partial charge on any atom is -0.394 e. The van der Waals surface area contributed by atoms with E-state index >= 15 is 0 Å². The van der Waals surface area contributed by atoms with E-state index in [2.05, 4.69) is 0 Å². The lowest BCUT2D eigenvalue weighted by atomic mass is 9.93. The van der Waals surface area contributed by atoms with Gasteiger partial charge in [0.05, 0.1) is 12.7 Å². The van der Waals surface area contributed by atoms with E-state index in [1.807, 2.05) is 0 Å². The molecule has 4 N–H and O–H groups in total. The van der Waals surface area contributed by atoms with Gasteiger partial charge in [-0.3, -0.25) is 4.79 Å². The monoisotopic (exact) mass is 220 g/mol. The van der Waals surface area contributed by atoms with E-state index in [1.165, 1.54) is 6.92 Å². The molecule has 1 fully saturated rings. The second kappa shape index (κ2) is 5.00. The van der Waals surface area contributed by atoms with E-state index in [1.54, 1.807) is 0 Å². The summed E-state index contributed by atoms with van der Waals surface area (Å²) in [6, 6.07) is 0. The maximum absolute atomic E-state index is 10.8. The zero-order valence-electron chi connectivity index (χ0n) is 8.41. The number of aliphatic hydroxyl groups is 4. The summed E-state index contributed by atoms with van der Waals surface area (Å²) in [5.41, 5.74) is 0. The van der Waals surface area contributed by atoms with Crippen molar-refractivity contribution in [2.24, 2.45) is 0 Å². The number of hydrogen-bond donors (Lipinski definition) is 4. The van der Waals surface area contributed by atoms with Gasteiger partial charge in [0.2, 0.25) is 0 Å². The molecule has 0 saturated carbocycles. The number of aliphatic hydroxyl groups excluding tert-OH is 4. The van der Waals surface area contributed by atoms with Crippen LogP contribution in [0.1, 0.15) is 13.3 Å². The Morgan fingerprint density at radius 3 is 2.13 bits per heavy atom. The fourth-order valence-electron chi connectivity index (χ4n) is 1.63. The molecular weight excluding hydrogens is 204 g/mol. The Balaban J connectivity index is 2.69. The first-order valence-corrected chi connectivity index (χ1v) is 4.77. The van der Waals surface area contributed by atoms with Crippen LogP contribution in [0.5, 0.6) is 0 Å².